The fourth-order valence-electron chi connectivity index (χ4n) is 2.94. The second-order valence-electron chi connectivity index (χ2n) is 5.84. The zero-order valence-corrected chi connectivity index (χ0v) is 14.5. The lowest BCUT2D eigenvalue weighted by atomic mass is 10.1. The van der Waals surface area contributed by atoms with E-state index in [1.165, 1.54) is 0 Å². The summed E-state index contributed by atoms with van der Waals surface area (Å²) in [6.45, 7) is 5.49. The highest BCUT2D eigenvalue weighted by Crippen LogP contribution is 2.31. The predicted molar refractivity (Wildman–Crippen MR) is 89.3 cm³/mol. The lowest BCUT2D eigenvalue weighted by molar-refractivity contribution is -0.129. The van der Waals surface area contributed by atoms with Gasteiger partial charge in [-0.1, -0.05) is 28.9 Å². The van der Waals surface area contributed by atoms with Crippen LogP contribution in [0.2, 0.25) is 5.02 Å². The zero-order chi connectivity index (χ0) is 17.1. The highest BCUT2D eigenvalue weighted by molar-refractivity contribution is 6.32. The third-order valence-corrected chi connectivity index (χ3v) is 4.41. The van der Waals surface area contributed by atoms with Gasteiger partial charge in [0.15, 0.2) is 5.82 Å². The Bertz CT molecular complexity index is 732. The van der Waals surface area contributed by atoms with Crippen LogP contribution in [-0.2, 0) is 11.2 Å². The van der Waals surface area contributed by atoms with Crippen molar-refractivity contribution in [3.8, 4) is 5.75 Å². The number of hydrogen-bond donors (Lipinski definition) is 0. The number of aryl methyl sites for hydroxylation is 1. The smallest absolute Gasteiger partial charge is 0.231 e. The molecule has 0 radical (unpaired) electrons. The molecule has 0 N–H and O–H groups in total. The van der Waals surface area contributed by atoms with E-state index >= 15 is 0 Å². The maximum Gasteiger partial charge on any atom is 0.231 e. The Hall–Kier alpha value is -2.08. The number of aromatic nitrogens is 2. The minimum Gasteiger partial charge on any atom is -0.492 e. The van der Waals surface area contributed by atoms with E-state index in [2.05, 4.69) is 10.1 Å². The van der Waals surface area contributed by atoms with Gasteiger partial charge in [-0.2, -0.15) is 4.98 Å². The fraction of sp³-hybridized carbons (Fsp3) is 0.471. The number of amides is 1. The van der Waals surface area contributed by atoms with Crippen LogP contribution in [0.15, 0.2) is 22.7 Å². The summed E-state index contributed by atoms with van der Waals surface area (Å²) in [6.07, 6.45) is 1.10. The zero-order valence-electron chi connectivity index (χ0n) is 13.8. The first kappa shape index (κ1) is 16.8. The minimum absolute atomic E-state index is 0.0527. The molecule has 1 saturated heterocycles. The summed E-state index contributed by atoms with van der Waals surface area (Å²) in [5, 5.41) is 4.35. The standard InChI is InChI=1S/C17H20ClN3O3/c1-3-23-16-12(5-4-6-14(16)18)9-15(22)21-8-7-13(10-21)17-19-11(2)20-24-17/h4-6,13H,3,7-10H2,1-2H3/t13-/m1/s1. The molecule has 2 aromatic rings. The molecule has 3 rings (SSSR count). The molecule has 0 bridgehead atoms. The van der Waals surface area contributed by atoms with Crippen molar-refractivity contribution in [2.24, 2.45) is 0 Å². The molecule has 0 aliphatic carbocycles. The van der Waals surface area contributed by atoms with E-state index in [0.717, 1.165) is 12.0 Å². The summed E-state index contributed by atoms with van der Waals surface area (Å²) in [5.74, 6) is 1.99. The van der Waals surface area contributed by atoms with Crippen LogP contribution in [-0.4, -0.2) is 40.6 Å². The van der Waals surface area contributed by atoms with E-state index in [1.807, 2.05) is 24.0 Å². The van der Waals surface area contributed by atoms with Gasteiger partial charge in [0.25, 0.3) is 0 Å². The van der Waals surface area contributed by atoms with Crippen LogP contribution in [0.5, 0.6) is 5.75 Å². The van der Waals surface area contributed by atoms with Gasteiger partial charge in [-0.15, -0.1) is 0 Å². The topological polar surface area (TPSA) is 68.5 Å². The van der Waals surface area contributed by atoms with Crippen LogP contribution in [0.3, 0.4) is 0 Å². The van der Waals surface area contributed by atoms with Crippen LogP contribution in [0.25, 0.3) is 0 Å². The van der Waals surface area contributed by atoms with E-state index in [-0.39, 0.29) is 18.2 Å². The summed E-state index contributed by atoms with van der Waals surface area (Å²) in [4.78, 5) is 18.7. The van der Waals surface area contributed by atoms with Crippen LogP contribution in [0, 0.1) is 6.92 Å². The van der Waals surface area contributed by atoms with Gasteiger partial charge >= 0.3 is 0 Å². The number of carbonyl (C=O) groups excluding carboxylic acids is 1. The fourth-order valence-corrected chi connectivity index (χ4v) is 3.19. The summed E-state index contributed by atoms with van der Waals surface area (Å²) < 4.78 is 10.8. The number of likely N-dealkylation sites (tertiary alicyclic amines) is 1. The van der Waals surface area contributed by atoms with Gasteiger partial charge in [-0.05, 0) is 26.3 Å². The average molecular weight is 350 g/mol. The Morgan fingerprint density at radius 2 is 2.33 bits per heavy atom. The minimum atomic E-state index is 0.0527. The maximum atomic E-state index is 12.6. The first-order valence-electron chi connectivity index (χ1n) is 8.06. The van der Waals surface area contributed by atoms with Crippen molar-refractivity contribution >= 4 is 17.5 Å². The average Bonchev–Trinajstić information content (AvgIpc) is 3.19. The summed E-state index contributed by atoms with van der Waals surface area (Å²) in [5.41, 5.74) is 0.812. The van der Waals surface area contributed by atoms with Crippen LogP contribution in [0.1, 0.15) is 36.5 Å². The molecule has 0 unspecified atom stereocenters. The van der Waals surface area contributed by atoms with Gasteiger partial charge in [0.05, 0.1) is 24.0 Å². The third-order valence-electron chi connectivity index (χ3n) is 4.11. The molecule has 7 heteroatoms. The Balaban J connectivity index is 1.67. The lowest BCUT2D eigenvalue weighted by Gasteiger charge is -2.17. The van der Waals surface area contributed by atoms with E-state index < -0.39 is 0 Å². The Morgan fingerprint density at radius 3 is 3.04 bits per heavy atom. The molecule has 1 atom stereocenters. The third kappa shape index (κ3) is 3.53. The Morgan fingerprint density at radius 1 is 1.50 bits per heavy atom. The van der Waals surface area contributed by atoms with Gasteiger partial charge in [-0.25, -0.2) is 0 Å². The molecule has 1 aromatic heterocycles. The number of para-hydroxylation sites is 1. The van der Waals surface area contributed by atoms with Crippen molar-refractivity contribution in [1.82, 2.24) is 15.0 Å². The van der Waals surface area contributed by atoms with Crippen LogP contribution in [0.4, 0.5) is 0 Å². The predicted octanol–water partition coefficient (Wildman–Crippen LogP) is 2.99. The molecule has 1 fully saturated rings. The highest BCUT2D eigenvalue weighted by atomic mass is 35.5. The summed E-state index contributed by atoms with van der Waals surface area (Å²) >= 11 is 6.18. The van der Waals surface area contributed by atoms with Crippen molar-refractivity contribution in [2.45, 2.75) is 32.6 Å². The van der Waals surface area contributed by atoms with Crippen molar-refractivity contribution in [2.75, 3.05) is 19.7 Å². The molecule has 0 spiro atoms. The molecule has 1 aliphatic heterocycles. The molecular weight excluding hydrogens is 330 g/mol. The number of carbonyl (C=O) groups is 1. The number of hydrogen-bond acceptors (Lipinski definition) is 5. The largest absolute Gasteiger partial charge is 0.492 e. The van der Waals surface area contributed by atoms with Gasteiger partial charge < -0.3 is 14.2 Å². The van der Waals surface area contributed by atoms with Crippen LogP contribution < -0.4 is 4.74 Å². The van der Waals surface area contributed by atoms with E-state index in [9.17, 15) is 4.79 Å². The number of rotatable bonds is 5. The van der Waals surface area contributed by atoms with Gasteiger partial charge in [0.1, 0.15) is 5.75 Å². The van der Waals surface area contributed by atoms with E-state index in [4.69, 9.17) is 20.9 Å². The lowest BCUT2D eigenvalue weighted by Crippen LogP contribution is -2.30. The van der Waals surface area contributed by atoms with Gasteiger partial charge in [0.2, 0.25) is 11.8 Å². The van der Waals surface area contributed by atoms with Crippen molar-refractivity contribution < 1.29 is 14.1 Å². The summed E-state index contributed by atoms with van der Waals surface area (Å²) in [7, 11) is 0. The number of ether oxygens (including phenoxy) is 1. The van der Waals surface area contributed by atoms with Gasteiger partial charge in [-0.3, -0.25) is 4.79 Å². The monoisotopic (exact) mass is 349 g/mol. The molecule has 24 heavy (non-hydrogen) atoms. The molecule has 128 valence electrons. The summed E-state index contributed by atoms with van der Waals surface area (Å²) in [6, 6.07) is 5.48. The SMILES string of the molecule is CCOc1c(Cl)cccc1CC(=O)N1CC[C@@H](c2nc(C)no2)C1. The Labute approximate surface area is 145 Å². The molecule has 2 heterocycles. The van der Waals surface area contributed by atoms with E-state index in [1.54, 1.807) is 13.0 Å². The van der Waals surface area contributed by atoms with E-state index in [0.29, 0.717) is 42.2 Å². The molecule has 1 aromatic carbocycles. The van der Waals surface area contributed by atoms with Gasteiger partial charge in [0, 0.05) is 18.7 Å². The van der Waals surface area contributed by atoms with Crippen molar-refractivity contribution in [3.63, 3.8) is 0 Å². The number of halogens is 1. The maximum absolute atomic E-state index is 12.6. The quantitative estimate of drug-likeness (QED) is 0.830. The first-order valence-corrected chi connectivity index (χ1v) is 8.44. The second-order valence-corrected chi connectivity index (χ2v) is 6.25. The molecule has 1 amide bonds. The molecule has 1 aliphatic rings. The molecule has 0 saturated carbocycles. The number of nitrogens with zero attached hydrogens (tertiary/aromatic N) is 3. The van der Waals surface area contributed by atoms with Crippen molar-refractivity contribution in [1.29, 1.82) is 0 Å². The van der Waals surface area contributed by atoms with Crippen molar-refractivity contribution in [3.05, 3.63) is 40.5 Å². The normalized spacial score (nSPS) is 17.3. The highest BCUT2D eigenvalue weighted by Gasteiger charge is 2.31. The molecular formula is C17H20ClN3O3. The Kier molecular flexibility index (Phi) is 5.04. The first-order chi connectivity index (χ1) is 11.6. The van der Waals surface area contributed by atoms with Crippen LogP contribution >= 0.6 is 11.6 Å². The number of benzene rings is 1. The second kappa shape index (κ2) is 7.21. The molecule has 6 nitrogen and oxygen atoms in total.